The molecule has 2 aliphatic carbocycles. The van der Waals surface area contributed by atoms with Gasteiger partial charge in [0.05, 0.1) is 0 Å². The Morgan fingerprint density at radius 1 is 1.46 bits per heavy atom. The van der Waals surface area contributed by atoms with Gasteiger partial charge in [0, 0.05) is 0 Å². The maximum absolute atomic E-state index is 13.8. The van der Waals surface area contributed by atoms with E-state index in [2.05, 4.69) is 0 Å². The van der Waals surface area contributed by atoms with Gasteiger partial charge in [0.1, 0.15) is 0 Å². The second-order valence-electron chi connectivity index (χ2n) is 4.39. The number of hydrogen-bond donors (Lipinski definition) is 0. The second-order valence-corrected chi connectivity index (χ2v) is 7.86. The first kappa shape index (κ1) is 8.56. The van der Waals surface area contributed by atoms with Crippen LogP contribution in [0.2, 0.25) is 0 Å². The van der Waals surface area contributed by atoms with Crippen LogP contribution in [0.25, 0.3) is 0 Å². The molecule has 3 aliphatic rings. The van der Waals surface area contributed by atoms with Crippen molar-refractivity contribution in [3.8, 4) is 0 Å². The van der Waals surface area contributed by atoms with E-state index < -0.39 is 36.5 Å². The number of fused-ring (bicyclic) bond motifs is 1. The zero-order valence-electron chi connectivity index (χ0n) is 7.19. The molecule has 74 valence electrons. The zero-order valence-corrected chi connectivity index (χ0v) is 9.35. The van der Waals surface area contributed by atoms with Crippen molar-refractivity contribution in [2.24, 2.45) is 11.3 Å². The van der Waals surface area contributed by atoms with E-state index in [9.17, 15) is 13.6 Å². The number of alkyl halides is 4. The van der Waals surface area contributed by atoms with E-state index in [-0.39, 0.29) is 15.6 Å². The van der Waals surface area contributed by atoms with E-state index in [0.29, 0.717) is 6.42 Å². The Hall–Kier alpha value is 0.260. The molecule has 1 nitrogen and oxygen atoms in total. The van der Waals surface area contributed by atoms with Gasteiger partial charge in [-0.2, -0.15) is 0 Å². The molecule has 1 heterocycles. The summed E-state index contributed by atoms with van der Waals surface area (Å²) in [7, 11) is 0. The molecule has 0 radical (unpaired) electrons. The average Bonchev–Trinajstić information content (AvgIpc) is 2.31. The van der Waals surface area contributed by atoms with Gasteiger partial charge < -0.3 is 0 Å². The standard InChI is InChI=1S/C9H10F2IO/c1-8-4-2-3-5(9(8,10)11)12-7(8)6(4)13/h4-5,7H,2-3H2,1H3/q-1/t4-,5-,7+,8-/m0/s1. The number of carbonyl (C=O) groups excluding carboxylic acids is 1. The summed E-state index contributed by atoms with van der Waals surface area (Å²) in [5.41, 5.74) is -0.916. The van der Waals surface area contributed by atoms with Crippen molar-refractivity contribution in [1.29, 1.82) is 0 Å². The molecular weight excluding hydrogens is 289 g/mol. The summed E-state index contributed by atoms with van der Waals surface area (Å²) in [6.07, 6.45) is 1.33. The van der Waals surface area contributed by atoms with Gasteiger partial charge >= 0.3 is 85.4 Å². The predicted octanol–water partition coefficient (Wildman–Crippen LogP) is -1.54. The first-order chi connectivity index (χ1) is 5.99. The van der Waals surface area contributed by atoms with Crippen LogP contribution in [-0.4, -0.2) is 19.6 Å². The molecule has 0 N–H and O–H groups in total. The van der Waals surface area contributed by atoms with Crippen molar-refractivity contribution < 1.29 is 34.8 Å². The van der Waals surface area contributed by atoms with Crippen LogP contribution in [-0.2, 0) is 4.79 Å². The summed E-state index contributed by atoms with van der Waals surface area (Å²) in [6.45, 7) is 1.64. The molecule has 4 atom stereocenters. The minimum atomic E-state index is -2.53. The molecule has 0 aromatic carbocycles. The normalized spacial score (nSPS) is 56.8. The van der Waals surface area contributed by atoms with Crippen LogP contribution in [0.3, 0.4) is 0 Å². The van der Waals surface area contributed by atoms with Crippen LogP contribution in [0, 0.1) is 11.3 Å². The second kappa shape index (κ2) is 2.09. The number of carbonyl (C=O) groups is 1. The van der Waals surface area contributed by atoms with E-state index >= 15 is 0 Å². The van der Waals surface area contributed by atoms with Gasteiger partial charge in [-0.05, 0) is 0 Å². The molecular formula is C9H10F2IO-. The van der Waals surface area contributed by atoms with Crippen molar-refractivity contribution in [2.45, 2.75) is 33.5 Å². The van der Waals surface area contributed by atoms with Gasteiger partial charge in [0.15, 0.2) is 0 Å². The predicted molar refractivity (Wildman–Crippen MR) is 38.4 cm³/mol. The molecule has 0 unspecified atom stereocenters. The summed E-state index contributed by atoms with van der Waals surface area (Å²) in [5.74, 6) is -2.66. The number of Topliss-reactive ketones (excluding diaryl/α,β-unsaturated/α-hetero) is 1. The Morgan fingerprint density at radius 2 is 2.15 bits per heavy atom. The quantitative estimate of drug-likeness (QED) is 0.391. The molecule has 4 heteroatoms. The summed E-state index contributed by atoms with van der Waals surface area (Å²) < 4.78 is 26.9. The Morgan fingerprint density at radius 3 is 2.85 bits per heavy atom. The van der Waals surface area contributed by atoms with E-state index in [1.165, 1.54) is 0 Å². The van der Waals surface area contributed by atoms with Gasteiger partial charge in [0.2, 0.25) is 0 Å². The third-order valence-corrected chi connectivity index (χ3v) is 8.84. The van der Waals surface area contributed by atoms with E-state index in [4.69, 9.17) is 0 Å². The van der Waals surface area contributed by atoms with Crippen LogP contribution >= 0.6 is 0 Å². The van der Waals surface area contributed by atoms with Gasteiger partial charge in [-0.15, -0.1) is 0 Å². The zero-order chi connectivity index (χ0) is 9.43. The van der Waals surface area contributed by atoms with Gasteiger partial charge in [-0.1, -0.05) is 0 Å². The van der Waals surface area contributed by atoms with E-state index in [1.54, 1.807) is 6.92 Å². The molecule has 3 fully saturated rings. The van der Waals surface area contributed by atoms with Crippen molar-refractivity contribution >= 4 is 5.78 Å². The average molecular weight is 299 g/mol. The fourth-order valence-corrected chi connectivity index (χ4v) is 8.10. The Labute approximate surface area is 85.5 Å². The molecule has 2 saturated carbocycles. The molecule has 13 heavy (non-hydrogen) atoms. The van der Waals surface area contributed by atoms with Crippen LogP contribution in [0.5, 0.6) is 0 Å². The monoisotopic (exact) mass is 299 g/mol. The SMILES string of the molecule is C[C@@]12[C@@H]3[I-][C@@H](CC[C@H]1C3=O)C2(F)F. The number of ketones is 1. The molecule has 2 bridgehead atoms. The van der Waals surface area contributed by atoms with E-state index in [0.717, 1.165) is 6.42 Å². The molecule has 3 rings (SSSR count). The van der Waals surface area contributed by atoms with Gasteiger partial charge in [0.25, 0.3) is 0 Å². The first-order valence-corrected chi connectivity index (χ1v) is 7.02. The first-order valence-electron chi connectivity index (χ1n) is 4.53. The third kappa shape index (κ3) is 0.659. The van der Waals surface area contributed by atoms with Crippen LogP contribution in [0.15, 0.2) is 0 Å². The molecule has 0 spiro atoms. The van der Waals surface area contributed by atoms with Crippen molar-refractivity contribution in [2.75, 3.05) is 0 Å². The fraction of sp³-hybridized carbons (Fsp3) is 0.889. The van der Waals surface area contributed by atoms with Crippen molar-refractivity contribution in [1.82, 2.24) is 0 Å². The Kier molecular flexibility index (Phi) is 1.38. The van der Waals surface area contributed by atoms with E-state index in [1.807, 2.05) is 0 Å². The molecule has 0 aromatic rings. The minimum absolute atomic E-state index is 0.162. The number of halogens is 3. The summed E-state index contributed by atoms with van der Waals surface area (Å²) in [5, 5.41) is 0. The Bertz CT molecular complexity index is 294. The van der Waals surface area contributed by atoms with Crippen LogP contribution in [0.1, 0.15) is 19.8 Å². The van der Waals surface area contributed by atoms with Crippen LogP contribution < -0.4 is 21.2 Å². The summed E-state index contributed by atoms with van der Waals surface area (Å²) in [6, 6.07) is 0. The Balaban J connectivity index is 2.14. The molecule has 0 amide bonds. The van der Waals surface area contributed by atoms with Crippen LogP contribution in [0.4, 0.5) is 8.78 Å². The summed E-state index contributed by atoms with van der Waals surface area (Å²) >= 11 is -0.577. The molecule has 1 aliphatic heterocycles. The van der Waals surface area contributed by atoms with Gasteiger partial charge in [-0.25, -0.2) is 0 Å². The molecule has 0 aromatic heterocycles. The van der Waals surface area contributed by atoms with Crippen molar-refractivity contribution in [3.05, 3.63) is 0 Å². The molecule has 1 saturated heterocycles. The topological polar surface area (TPSA) is 17.1 Å². The number of rotatable bonds is 0. The third-order valence-electron chi connectivity index (χ3n) is 3.94. The number of hydrogen-bond acceptors (Lipinski definition) is 1. The summed E-state index contributed by atoms with van der Waals surface area (Å²) in [4.78, 5) is 11.5. The maximum atomic E-state index is 13.8. The van der Waals surface area contributed by atoms with Gasteiger partial charge in [-0.3, -0.25) is 0 Å². The fourth-order valence-electron chi connectivity index (χ4n) is 3.01. The van der Waals surface area contributed by atoms with Crippen molar-refractivity contribution in [3.63, 3.8) is 0 Å².